The van der Waals surface area contributed by atoms with Gasteiger partial charge in [-0.15, -0.1) is 0 Å². The van der Waals surface area contributed by atoms with Gasteiger partial charge < -0.3 is 9.47 Å². The molecule has 5 nitrogen and oxygen atoms in total. The summed E-state index contributed by atoms with van der Waals surface area (Å²) in [6.45, 7) is 6.54. The first kappa shape index (κ1) is 45.1. The van der Waals surface area contributed by atoms with E-state index in [-0.39, 0.29) is 30.3 Å². The Labute approximate surface area is 299 Å². The van der Waals surface area contributed by atoms with Gasteiger partial charge in [-0.1, -0.05) is 206 Å². The van der Waals surface area contributed by atoms with Gasteiger partial charge in [0.25, 0.3) is 5.91 Å². The van der Waals surface area contributed by atoms with E-state index in [4.69, 9.17) is 9.47 Å². The van der Waals surface area contributed by atoms with E-state index in [1.165, 1.54) is 193 Å². The molecule has 2 atom stereocenters. The van der Waals surface area contributed by atoms with Crippen LogP contribution in [0.15, 0.2) is 0 Å². The van der Waals surface area contributed by atoms with Gasteiger partial charge in [0.05, 0.1) is 18.6 Å². The minimum atomic E-state index is -0.326. The molecule has 1 rings (SSSR count). The second kappa shape index (κ2) is 35.9. The van der Waals surface area contributed by atoms with Crippen LogP contribution in [0.3, 0.4) is 0 Å². The molecule has 5 heteroatoms. The third kappa shape index (κ3) is 29.9. The highest BCUT2D eigenvalue weighted by Crippen LogP contribution is 2.21. The topological polar surface area (TPSA) is 66.7 Å². The summed E-state index contributed by atoms with van der Waals surface area (Å²) in [5.74, 6) is -0.878. The average molecular weight is 677 g/mol. The fourth-order valence-corrected chi connectivity index (χ4v) is 7.11. The Morgan fingerprint density at radius 1 is 0.500 bits per heavy atom. The number of hydrogen-bond acceptors (Lipinski definition) is 4. The highest BCUT2D eigenvalue weighted by atomic mass is 16.5. The smallest absolute Gasteiger partial charge is 0.252 e. The maximum atomic E-state index is 12.1. The number of hydrogen-bond donors (Lipinski definition) is 0. The SMILES string of the molecule is CCCCCCCCCCCCCCCCCCOCC(CC1CC(=O)[N]C1=O)OCCCCCCCCCCCCCCCCCC. The second-order valence-corrected chi connectivity index (χ2v) is 15.2. The van der Waals surface area contributed by atoms with Crippen LogP contribution in [-0.2, 0) is 19.1 Å². The molecule has 1 aliphatic heterocycles. The maximum Gasteiger partial charge on any atom is 0.252 e. The van der Waals surface area contributed by atoms with E-state index in [1.807, 2.05) is 0 Å². The maximum absolute atomic E-state index is 12.1. The number of imide groups is 1. The summed E-state index contributed by atoms with van der Waals surface area (Å²) < 4.78 is 12.2. The summed E-state index contributed by atoms with van der Waals surface area (Å²) in [5.41, 5.74) is 0. The fourth-order valence-electron chi connectivity index (χ4n) is 7.11. The molecule has 1 heterocycles. The number of unbranched alkanes of at least 4 members (excludes halogenated alkanes) is 30. The molecule has 2 unspecified atom stereocenters. The van der Waals surface area contributed by atoms with Crippen molar-refractivity contribution >= 4 is 11.8 Å². The number of nitrogens with zero attached hydrogens (tertiary/aromatic N) is 1. The van der Waals surface area contributed by atoms with Crippen LogP contribution in [-0.4, -0.2) is 37.7 Å². The first-order valence-electron chi connectivity index (χ1n) is 21.6. The standard InChI is InChI=1S/C43H82NO4/c1-3-5-7-9-11-13-15-17-19-21-23-25-27-29-31-33-35-47-39-41(37-40-38-42(45)44-43(40)46)48-36-34-32-30-28-26-24-22-20-18-16-14-12-10-8-6-4-2/h40-41H,3-39H2,1-2H3. The molecule has 0 aromatic heterocycles. The third-order valence-corrected chi connectivity index (χ3v) is 10.3. The lowest BCUT2D eigenvalue weighted by Gasteiger charge is -2.20. The summed E-state index contributed by atoms with van der Waals surface area (Å²) in [5, 5.41) is 3.62. The van der Waals surface area contributed by atoms with Crippen LogP contribution in [0, 0.1) is 5.92 Å². The van der Waals surface area contributed by atoms with E-state index < -0.39 is 0 Å². The monoisotopic (exact) mass is 677 g/mol. The highest BCUT2D eigenvalue weighted by Gasteiger charge is 2.34. The largest absolute Gasteiger partial charge is 0.379 e. The Morgan fingerprint density at radius 3 is 1.17 bits per heavy atom. The van der Waals surface area contributed by atoms with Crippen LogP contribution in [0.4, 0.5) is 0 Å². The zero-order valence-electron chi connectivity index (χ0n) is 32.4. The quantitative estimate of drug-likeness (QED) is 0.0480. The summed E-state index contributed by atoms with van der Waals surface area (Å²) in [6.07, 6.45) is 44.2. The Kier molecular flexibility index (Phi) is 33.7. The molecule has 1 saturated heterocycles. The van der Waals surface area contributed by atoms with Gasteiger partial charge in [-0.25, -0.2) is 0 Å². The zero-order valence-corrected chi connectivity index (χ0v) is 32.4. The van der Waals surface area contributed by atoms with Gasteiger partial charge in [0.2, 0.25) is 5.91 Å². The molecular weight excluding hydrogens is 594 g/mol. The van der Waals surface area contributed by atoms with Crippen molar-refractivity contribution in [1.29, 1.82) is 0 Å². The van der Waals surface area contributed by atoms with Crippen molar-refractivity contribution in [1.82, 2.24) is 5.32 Å². The Morgan fingerprint density at radius 2 is 0.833 bits per heavy atom. The second-order valence-electron chi connectivity index (χ2n) is 15.2. The molecule has 48 heavy (non-hydrogen) atoms. The van der Waals surface area contributed by atoms with Crippen molar-refractivity contribution < 1.29 is 19.1 Å². The minimum absolute atomic E-state index is 0.127. The minimum Gasteiger partial charge on any atom is -0.379 e. The fraction of sp³-hybridized carbons (Fsp3) is 0.953. The van der Waals surface area contributed by atoms with Crippen LogP contribution >= 0.6 is 0 Å². The van der Waals surface area contributed by atoms with Gasteiger partial charge >= 0.3 is 0 Å². The van der Waals surface area contributed by atoms with E-state index in [1.54, 1.807) is 0 Å². The molecule has 1 fully saturated rings. The molecule has 0 aromatic rings. The van der Waals surface area contributed by atoms with Gasteiger partial charge in [0.1, 0.15) is 0 Å². The van der Waals surface area contributed by atoms with Gasteiger partial charge in [-0.3, -0.25) is 9.59 Å². The molecule has 0 aliphatic carbocycles. The molecule has 0 saturated carbocycles. The van der Waals surface area contributed by atoms with Crippen LogP contribution in [0.1, 0.15) is 232 Å². The molecule has 2 amide bonds. The number of carbonyl (C=O) groups is 2. The molecule has 0 aromatic carbocycles. The summed E-state index contributed by atoms with van der Waals surface area (Å²) >= 11 is 0. The van der Waals surface area contributed by atoms with Crippen molar-refractivity contribution in [3.05, 3.63) is 0 Å². The van der Waals surface area contributed by atoms with E-state index in [0.717, 1.165) is 19.4 Å². The predicted molar refractivity (Wildman–Crippen MR) is 205 cm³/mol. The lowest BCUT2D eigenvalue weighted by atomic mass is 10.00. The van der Waals surface area contributed by atoms with E-state index in [9.17, 15) is 9.59 Å². The van der Waals surface area contributed by atoms with Crippen LogP contribution in [0.25, 0.3) is 0 Å². The summed E-state index contributed by atoms with van der Waals surface area (Å²) in [6, 6.07) is 0. The molecule has 0 spiro atoms. The molecule has 0 N–H and O–H groups in total. The number of ether oxygens (including phenoxy) is 2. The third-order valence-electron chi connectivity index (χ3n) is 10.3. The lowest BCUT2D eigenvalue weighted by molar-refractivity contribution is -0.127. The van der Waals surface area contributed by atoms with Crippen molar-refractivity contribution in [2.75, 3.05) is 19.8 Å². The zero-order chi connectivity index (χ0) is 34.6. The van der Waals surface area contributed by atoms with Crippen molar-refractivity contribution in [2.24, 2.45) is 5.92 Å². The molecule has 1 radical (unpaired) electrons. The summed E-state index contributed by atoms with van der Waals surface area (Å²) in [4.78, 5) is 23.8. The van der Waals surface area contributed by atoms with Crippen molar-refractivity contribution in [3.63, 3.8) is 0 Å². The molecular formula is C43H82NO4. The van der Waals surface area contributed by atoms with Crippen molar-refractivity contribution in [2.45, 2.75) is 238 Å². The van der Waals surface area contributed by atoms with Crippen LogP contribution < -0.4 is 5.32 Å². The first-order chi connectivity index (χ1) is 23.7. The number of rotatable bonds is 39. The van der Waals surface area contributed by atoms with E-state index in [2.05, 4.69) is 19.2 Å². The lowest BCUT2D eigenvalue weighted by Crippen LogP contribution is -2.26. The van der Waals surface area contributed by atoms with E-state index >= 15 is 0 Å². The predicted octanol–water partition coefficient (Wildman–Crippen LogP) is 13.0. The molecule has 283 valence electrons. The Hall–Kier alpha value is -0.940. The Balaban J connectivity index is 1.99. The van der Waals surface area contributed by atoms with Gasteiger partial charge in [-0.2, -0.15) is 5.32 Å². The van der Waals surface area contributed by atoms with Gasteiger partial charge in [0.15, 0.2) is 0 Å². The van der Waals surface area contributed by atoms with Crippen molar-refractivity contribution in [3.8, 4) is 0 Å². The molecule has 1 aliphatic rings. The van der Waals surface area contributed by atoms with E-state index in [0.29, 0.717) is 19.6 Å². The van der Waals surface area contributed by atoms with Crippen LogP contribution in [0.5, 0.6) is 0 Å². The van der Waals surface area contributed by atoms with Crippen LogP contribution in [0.2, 0.25) is 0 Å². The molecule has 0 bridgehead atoms. The highest BCUT2D eigenvalue weighted by molar-refractivity contribution is 6.03. The van der Waals surface area contributed by atoms with Gasteiger partial charge in [-0.05, 0) is 19.3 Å². The number of carbonyl (C=O) groups excluding carboxylic acids is 2. The Bertz CT molecular complexity index is 698. The summed E-state index contributed by atoms with van der Waals surface area (Å²) in [7, 11) is 0. The average Bonchev–Trinajstić information content (AvgIpc) is 3.40. The number of amides is 2. The first-order valence-corrected chi connectivity index (χ1v) is 21.6. The van der Waals surface area contributed by atoms with Gasteiger partial charge in [0, 0.05) is 19.6 Å². The normalized spacial score (nSPS) is 15.4.